The first kappa shape index (κ1) is 10.8. The first-order valence-electron chi connectivity index (χ1n) is 5.11. The predicted octanol–water partition coefficient (Wildman–Crippen LogP) is 2.59. The zero-order chi connectivity index (χ0) is 10.8. The average Bonchev–Trinajstić information content (AvgIpc) is 2.11. The number of aromatic hydroxyl groups is 1. The summed E-state index contributed by atoms with van der Waals surface area (Å²) < 4.78 is 6.06. The molecule has 0 unspecified atom stereocenters. The van der Waals surface area contributed by atoms with E-state index in [4.69, 9.17) is 4.74 Å². The minimum absolute atomic E-state index is 0.180. The summed E-state index contributed by atoms with van der Waals surface area (Å²) in [7, 11) is 0. The highest BCUT2D eigenvalue weighted by atomic mass is 79.9. The molecule has 1 saturated heterocycles. The molecule has 0 aliphatic carbocycles. The van der Waals surface area contributed by atoms with Crippen LogP contribution in [0.25, 0.3) is 0 Å². The maximum atomic E-state index is 9.73. The lowest BCUT2D eigenvalue weighted by Crippen LogP contribution is -2.34. The van der Waals surface area contributed by atoms with Crippen LogP contribution in [0.5, 0.6) is 11.5 Å². The summed E-state index contributed by atoms with van der Waals surface area (Å²) in [5.41, 5.74) is 1.16. The fraction of sp³-hybridized carbons (Fsp3) is 0.455. The molecule has 1 atom stereocenters. The van der Waals surface area contributed by atoms with E-state index in [1.807, 2.05) is 19.1 Å². The van der Waals surface area contributed by atoms with Crippen molar-refractivity contribution in [3.63, 3.8) is 0 Å². The van der Waals surface area contributed by atoms with Gasteiger partial charge in [0.15, 0.2) is 11.5 Å². The number of hydrogen-bond donors (Lipinski definition) is 2. The Morgan fingerprint density at radius 3 is 2.87 bits per heavy atom. The highest BCUT2D eigenvalue weighted by Crippen LogP contribution is 2.38. The molecule has 15 heavy (non-hydrogen) atoms. The lowest BCUT2D eigenvalue weighted by Gasteiger charge is -2.28. The third-order valence-electron chi connectivity index (χ3n) is 2.58. The maximum Gasteiger partial charge on any atom is 0.172 e. The van der Waals surface area contributed by atoms with Gasteiger partial charge in [-0.1, -0.05) is 0 Å². The van der Waals surface area contributed by atoms with Crippen LogP contribution in [0.4, 0.5) is 0 Å². The molecule has 1 aliphatic heterocycles. The Labute approximate surface area is 97.6 Å². The number of hydrogen-bond acceptors (Lipinski definition) is 3. The second-order valence-corrected chi connectivity index (χ2v) is 4.43. The van der Waals surface area contributed by atoms with Crippen LogP contribution in [-0.2, 0) is 0 Å². The number of phenols is 1. The van der Waals surface area contributed by atoms with Crippen LogP contribution in [0.3, 0.4) is 0 Å². The van der Waals surface area contributed by atoms with Crippen LogP contribution >= 0.6 is 15.9 Å². The Balaban J connectivity index is 2.31. The molecule has 0 aromatic heterocycles. The van der Waals surface area contributed by atoms with E-state index in [0.717, 1.165) is 18.5 Å². The van der Waals surface area contributed by atoms with Crippen molar-refractivity contribution in [3.05, 3.63) is 22.2 Å². The summed E-state index contributed by atoms with van der Waals surface area (Å²) in [5.74, 6) is 0.732. The van der Waals surface area contributed by atoms with E-state index in [-0.39, 0.29) is 5.75 Å². The normalized spacial score (nSPS) is 19.7. The van der Waals surface area contributed by atoms with E-state index in [1.54, 1.807) is 0 Å². The molecule has 4 heteroatoms. The lowest BCUT2D eigenvalue weighted by atomic mass is 9.98. The SMILES string of the molecule is CCOc1cc([C@H]2CCN2)cc(Br)c1O. The van der Waals surface area contributed by atoms with Gasteiger partial charge in [0.05, 0.1) is 11.1 Å². The van der Waals surface area contributed by atoms with E-state index in [9.17, 15) is 5.11 Å². The van der Waals surface area contributed by atoms with E-state index < -0.39 is 0 Å². The summed E-state index contributed by atoms with van der Waals surface area (Å²) >= 11 is 3.33. The van der Waals surface area contributed by atoms with Crippen molar-refractivity contribution in [2.75, 3.05) is 13.2 Å². The number of ether oxygens (including phenoxy) is 1. The van der Waals surface area contributed by atoms with Crippen molar-refractivity contribution >= 4 is 15.9 Å². The summed E-state index contributed by atoms with van der Waals surface area (Å²) in [6.45, 7) is 3.52. The second kappa shape index (κ2) is 4.41. The van der Waals surface area contributed by atoms with Crippen molar-refractivity contribution in [3.8, 4) is 11.5 Å². The molecule has 2 N–H and O–H groups in total. The van der Waals surface area contributed by atoms with Crippen molar-refractivity contribution < 1.29 is 9.84 Å². The van der Waals surface area contributed by atoms with Crippen LogP contribution in [0, 0.1) is 0 Å². The Morgan fingerprint density at radius 2 is 2.33 bits per heavy atom. The minimum atomic E-state index is 0.180. The second-order valence-electron chi connectivity index (χ2n) is 3.58. The molecule has 2 rings (SSSR count). The van der Waals surface area contributed by atoms with E-state index in [0.29, 0.717) is 22.9 Å². The molecule has 1 aromatic rings. The molecule has 0 saturated carbocycles. The van der Waals surface area contributed by atoms with Gasteiger partial charge in [0.2, 0.25) is 0 Å². The molecular formula is C11H14BrNO2. The smallest absolute Gasteiger partial charge is 0.172 e. The standard InChI is InChI=1S/C11H14BrNO2/c1-2-15-10-6-7(9-3-4-13-9)5-8(12)11(10)14/h5-6,9,13-14H,2-4H2,1H3/t9-/m1/s1. The minimum Gasteiger partial charge on any atom is -0.503 e. The topological polar surface area (TPSA) is 41.5 Å². The third-order valence-corrected chi connectivity index (χ3v) is 3.18. The van der Waals surface area contributed by atoms with Gasteiger partial charge in [-0.2, -0.15) is 0 Å². The van der Waals surface area contributed by atoms with Gasteiger partial charge in [-0.15, -0.1) is 0 Å². The highest BCUT2D eigenvalue weighted by Gasteiger charge is 2.21. The predicted molar refractivity (Wildman–Crippen MR) is 62.3 cm³/mol. The molecule has 1 aromatic carbocycles. The van der Waals surface area contributed by atoms with Crippen molar-refractivity contribution in [2.24, 2.45) is 0 Å². The largest absolute Gasteiger partial charge is 0.503 e. The van der Waals surface area contributed by atoms with Gasteiger partial charge >= 0.3 is 0 Å². The van der Waals surface area contributed by atoms with Crippen LogP contribution in [0.2, 0.25) is 0 Å². The van der Waals surface area contributed by atoms with Gasteiger partial charge in [0.1, 0.15) is 0 Å². The highest BCUT2D eigenvalue weighted by molar-refractivity contribution is 9.10. The lowest BCUT2D eigenvalue weighted by molar-refractivity contribution is 0.314. The number of nitrogens with one attached hydrogen (secondary N) is 1. The van der Waals surface area contributed by atoms with Gasteiger partial charge in [-0.25, -0.2) is 0 Å². The Kier molecular flexibility index (Phi) is 3.17. The molecule has 0 radical (unpaired) electrons. The Hall–Kier alpha value is -0.740. The molecule has 0 bridgehead atoms. The van der Waals surface area contributed by atoms with Gasteiger partial charge in [-0.05, 0) is 53.5 Å². The molecule has 1 fully saturated rings. The van der Waals surface area contributed by atoms with Crippen molar-refractivity contribution in [2.45, 2.75) is 19.4 Å². The van der Waals surface area contributed by atoms with Crippen LogP contribution in [0.15, 0.2) is 16.6 Å². The van der Waals surface area contributed by atoms with Gasteiger partial charge < -0.3 is 15.2 Å². The summed E-state index contributed by atoms with van der Waals surface area (Å²) in [6, 6.07) is 4.25. The van der Waals surface area contributed by atoms with Crippen LogP contribution in [0.1, 0.15) is 24.9 Å². The fourth-order valence-electron chi connectivity index (χ4n) is 1.63. The summed E-state index contributed by atoms with van der Waals surface area (Å²) in [4.78, 5) is 0. The zero-order valence-corrected chi connectivity index (χ0v) is 10.2. The van der Waals surface area contributed by atoms with E-state index >= 15 is 0 Å². The molecule has 0 spiro atoms. The summed E-state index contributed by atoms with van der Waals surface area (Å²) in [5, 5.41) is 13.1. The average molecular weight is 272 g/mol. The number of halogens is 1. The maximum absolute atomic E-state index is 9.73. The Morgan fingerprint density at radius 1 is 1.60 bits per heavy atom. The van der Waals surface area contributed by atoms with Crippen LogP contribution < -0.4 is 10.1 Å². The zero-order valence-electron chi connectivity index (χ0n) is 8.59. The van der Waals surface area contributed by atoms with E-state index in [2.05, 4.69) is 21.2 Å². The van der Waals surface area contributed by atoms with Gasteiger partial charge in [-0.3, -0.25) is 0 Å². The van der Waals surface area contributed by atoms with E-state index in [1.165, 1.54) is 0 Å². The molecule has 1 aliphatic rings. The first-order valence-corrected chi connectivity index (χ1v) is 5.90. The van der Waals surface area contributed by atoms with Gasteiger partial charge in [0, 0.05) is 6.04 Å². The number of phenolic OH excluding ortho intramolecular Hbond substituents is 1. The monoisotopic (exact) mass is 271 g/mol. The number of rotatable bonds is 3. The van der Waals surface area contributed by atoms with Gasteiger partial charge in [0.25, 0.3) is 0 Å². The molecule has 0 amide bonds. The Bertz CT molecular complexity index is 364. The molecule has 3 nitrogen and oxygen atoms in total. The quantitative estimate of drug-likeness (QED) is 0.888. The molecular weight excluding hydrogens is 258 g/mol. The third kappa shape index (κ3) is 2.11. The fourth-order valence-corrected chi connectivity index (χ4v) is 2.09. The van der Waals surface area contributed by atoms with Crippen molar-refractivity contribution in [1.29, 1.82) is 0 Å². The number of benzene rings is 1. The molecule has 82 valence electrons. The van der Waals surface area contributed by atoms with Crippen LogP contribution in [-0.4, -0.2) is 18.3 Å². The first-order chi connectivity index (χ1) is 7.22. The summed E-state index contributed by atoms with van der Waals surface area (Å²) in [6.07, 6.45) is 1.14. The van der Waals surface area contributed by atoms with Crippen molar-refractivity contribution in [1.82, 2.24) is 5.32 Å². The molecule has 1 heterocycles.